The number of ether oxygens (including phenoxy) is 1. The molecule has 0 saturated heterocycles. The predicted molar refractivity (Wildman–Crippen MR) is 103 cm³/mol. The molecule has 2 amide bonds. The van der Waals surface area contributed by atoms with Gasteiger partial charge in [-0.05, 0) is 32.8 Å². The number of rotatable bonds is 7. The molecule has 0 aliphatic heterocycles. The summed E-state index contributed by atoms with van der Waals surface area (Å²) >= 11 is 0. The monoisotopic (exact) mass is 372 g/mol. The molecular formula is C20H28N4O3. The van der Waals surface area contributed by atoms with Crippen molar-refractivity contribution in [3.05, 3.63) is 54.6 Å². The van der Waals surface area contributed by atoms with Gasteiger partial charge in [-0.3, -0.25) is 4.79 Å². The van der Waals surface area contributed by atoms with Crippen LogP contribution in [0.1, 0.15) is 26.3 Å². The van der Waals surface area contributed by atoms with Crippen LogP contribution in [0.3, 0.4) is 0 Å². The molecule has 7 heteroatoms. The number of carbonyl (C=O) groups excluding carboxylic acids is 2. The smallest absolute Gasteiger partial charge is 0.410 e. The molecule has 0 radical (unpaired) electrons. The van der Waals surface area contributed by atoms with Crippen molar-refractivity contribution in [3.8, 4) is 0 Å². The van der Waals surface area contributed by atoms with Crippen LogP contribution < -0.4 is 5.32 Å². The summed E-state index contributed by atoms with van der Waals surface area (Å²) in [4.78, 5) is 30.1. The number of amides is 2. The van der Waals surface area contributed by atoms with Crippen LogP contribution in [0.2, 0.25) is 0 Å². The van der Waals surface area contributed by atoms with E-state index < -0.39 is 11.7 Å². The molecule has 1 heterocycles. The van der Waals surface area contributed by atoms with Crippen molar-refractivity contribution in [2.75, 3.05) is 13.6 Å². The first kappa shape index (κ1) is 20.5. The molecule has 7 nitrogen and oxygen atoms in total. The summed E-state index contributed by atoms with van der Waals surface area (Å²) in [7, 11) is 1.70. The zero-order chi connectivity index (χ0) is 19.9. The fraction of sp³-hybridized carbons (Fsp3) is 0.450. The summed E-state index contributed by atoms with van der Waals surface area (Å²) in [5.41, 5.74) is 0.509. The number of benzene rings is 1. The minimum Gasteiger partial charge on any atom is -0.444 e. The fourth-order valence-corrected chi connectivity index (χ4v) is 2.55. The molecule has 1 unspecified atom stereocenters. The van der Waals surface area contributed by atoms with E-state index in [9.17, 15) is 9.59 Å². The molecule has 1 atom stereocenters. The normalized spacial score (nSPS) is 12.3. The third-order valence-electron chi connectivity index (χ3n) is 3.96. The zero-order valence-electron chi connectivity index (χ0n) is 16.4. The molecule has 146 valence electrons. The largest absolute Gasteiger partial charge is 0.444 e. The van der Waals surface area contributed by atoms with Crippen LogP contribution in [-0.2, 0) is 22.5 Å². The van der Waals surface area contributed by atoms with E-state index in [2.05, 4.69) is 10.3 Å². The molecular weight excluding hydrogens is 344 g/mol. The van der Waals surface area contributed by atoms with Gasteiger partial charge in [0.15, 0.2) is 0 Å². The highest BCUT2D eigenvalue weighted by Gasteiger charge is 2.26. The van der Waals surface area contributed by atoms with Crippen LogP contribution in [0.4, 0.5) is 4.79 Å². The van der Waals surface area contributed by atoms with E-state index in [1.165, 1.54) is 0 Å². The van der Waals surface area contributed by atoms with Gasteiger partial charge < -0.3 is 19.5 Å². The molecule has 1 aromatic heterocycles. The molecule has 1 aromatic carbocycles. The van der Waals surface area contributed by atoms with Gasteiger partial charge in [-0.15, -0.1) is 0 Å². The van der Waals surface area contributed by atoms with Gasteiger partial charge in [0.1, 0.15) is 12.1 Å². The standard InChI is InChI=1S/C20H28N4O3/c1-20(2,3)27-19(26)23(4)17(12-16-8-6-5-7-9-16)13-22-18(25)14-24-11-10-21-15-24/h5-11,15,17H,12-14H2,1-4H3,(H,22,25). The van der Waals surface area contributed by atoms with E-state index in [-0.39, 0.29) is 18.5 Å². The van der Waals surface area contributed by atoms with E-state index in [1.807, 2.05) is 51.1 Å². The van der Waals surface area contributed by atoms with Crippen LogP contribution >= 0.6 is 0 Å². The van der Waals surface area contributed by atoms with Gasteiger partial charge >= 0.3 is 6.09 Å². The van der Waals surface area contributed by atoms with Gasteiger partial charge in [-0.1, -0.05) is 30.3 Å². The molecule has 0 bridgehead atoms. The zero-order valence-corrected chi connectivity index (χ0v) is 16.4. The molecule has 1 N–H and O–H groups in total. The Hall–Kier alpha value is -2.83. The molecule has 27 heavy (non-hydrogen) atoms. The van der Waals surface area contributed by atoms with Crippen molar-refractivity contribution in [2.24, 2.45) is 0 Å². The van der Waals surface area contributed by atoms with Gasteiger partial charge in [-0.25, -0.2) is 9.78 Å². The average molecular weight is 372 g/mol. The number of hydrogen-bond donors (Lipinski definition) is 1. The second-order valence-electron chi connectivity index (χ2n) is 7.47. The second kappa shape index (κ2) is 9.21. The van der Waals surface area contributed by atoms with Crippen molar-refractivity contribution in [3.63, 3.8) is 0 Å². The summed E-state index contributed by atoms with van der Waals surface area (Å²) in [5, 5.41) is 2.90. The van der Waals surface area contributed by atoms with Gasteiger partial charge in [0.05, 0.1) is 12.4 Å². The van der Waals surface area contributed by atoms with Crippen molar-refractivity contribution < 1.29 is 14.3 Å². The molecule has 2 aromatic rings. The van der Waals surface area contributed by atoms with E-state index >= 15 is 0 Å². The van der Waals surface area contributed by atoms with E-state index in [4.69, 9.17) is 4.74 Å². The second-order valence-corrected chi connectivity index (χ2v) is 7.47. The highest BCUT2D eigenvalue weighted by molar-refractivity contribution is 5.76. The van der Waals surface area contributed by atoms with Crippen LogP contribution in [-0.4, -0.2) is 51.7 Å². The molecule has 0 fully saturated rings. The summed E-state index contributed by atoms with van der Waals surface area (Å²) in [5.74, 6) is -0.136. The molecule has 0 spiro atoms. The van der Waals surface area contributed by atoms with Crippen LogP contribution in [0.15, 0.2) is 49.1 Å². The van der Waals surface area contributed by atoms with Crippen LogP contribution in [0, 0.1) is 0 Å². The lowest BCUT2D eigenvalue weighted by atomic mass is 10.0. The number of aromatic nitrogens is 2. The highest BCUT2D eigenvalue weighted by Crippen LogP contribution is 2.13. The van der Waals surface area contributed by atoms with Crippen molar-refractivity contribution in [2.45, 2.75) is 45.4 Å². The average Bonchev–Trinajstić information content (AvgIpc) is 3.10. The Bertz CT molecular complexity index is 723. The third kappa shape index (κ3) is 7.13. The molecule has 0 saturated carbocycles. The Kier molecular flexibility index (Phi) is 6.98. The lowest BCUT2D eigenvalue weighted by molar-refractivity contribution is -0.121. The Balaban J connectivity index is 2.02. The summed E-state index contributed by atoms with van der Waals surface area (Å²) < 4.78 is 7.17. The maximum Gasteiger partial charge on any atom is 0.410 e. The van der Waals surface area contributed by atoms with Crippen LogP contribution in [0.25, 0.3) is 0 Å². The first-order valence-electron chi connectivity index (χ1n) is 8.97. The Morgan fingerprint density at radius 2 is 1.96 bits per heavy atom. The molecule has 0 aliphatic rings. The number of carbonyl (C=O) groups is 2. The SMILES string of the molecule is CN(C(=O)OC(C)(C)C)C(CNC(=O)Cn1ccnc1)Cc1ccccc1. The number of nitrogens with one attached hydrogen (secondary N) is 1. The van der Waals surface area contributed by atoms with Gasteiger partial charge in [0.25, 0.3) is 0 Å². The van der Waals surface area contributed by atoms with Crippen molar-refractivity contribution in [1.29, 1.82) is 0 Å². The van der Waals surface area contributed by atoms with E-state index in [0.29, 0.717) is 13.0 Å². The Labute approximate surface area is 160 Å². The highest BCUT2D eigenvalue weighted by atomic mass is 16.6. The lowest BCUT2D eigenvalue weighted by Crippen LogP contribution is -2.48. The number of likely N-dealkylation sites (N-methyl/N-ethyl adjacent to an activating group) is 1. The maximum absolute atomic E-state index is 12.5. The summed E-state index contributed by atoms with van der Waals surface area (Å²) in [6.45, 7) is 6.01. The lowest BCUT2D eigenvalue weighted by Gasteiger charge is -2.31. The van der Waals surface area contributed by atoms with Gasteiger partial charge in [0, 0.05) is 26.0 Å². The fourth-order valence-electron chi connectivity index (χ4n) is 2.55. The molecule has 2 rings (SSSR count). The minimum atomic E-state index is -0.576. The van der Waals surface area contributed by atoms with Gasteiger partial charge in [0.2, 0.25) is 5.91 Å². The summed E-state index contributed by atoms with van der Waals surface area (Å²) in [6.07, 6.45) is 5.15. The summed E-state index contributed by atoms with van der Waals surface area (Å²) in [6, 6.07) is 9.64. The third-order valence-corrected chi connectivity index (χ3v) is 3.96. The first-order valence-corrected chi connectivity index (χ1v) is 8.97. The number of hydrogen-bond acceptors (Lipinski definition) is 4. The van der Waals surface area contributed by atoms with Crippen LogP contribution in [0.5, 0.6) is 0 Å². The Morgan fingerprint density at radius 1 is 1.26 bits per heavy atom. The first-order chi connectivity index (χ1) is 12.7. The minimum absolute atomic E-state index is 0.136. The topological polar surface area (TPSA) is 76.5 Å². The predicted octanol–water partition coefficient (Wildman–Crippen LogP) is 2.48. The van der Waals surface area contributed by atoms with Crippen molar-refractivity contribution >= 4 is 12.0 Å². The quantitative estimate of drug-likeness (QED) is 0.810. The number of imidazole rings is 1. The van der Waals surface area contributed by atoms with Gasteiger partial charge in [-0.2, -0.15) is 0 Å². The Morgan fingerprint density at radius 3 is 2.56 bits per heavy atom. The van der Waals surface area contributed by atoms with E-state index in [0.717, 1.165) is 5.56 Å². The molecule has 0 aliphatic carbocycles. The number of nitrogens with zero attached hydrogens (tertiary/aromatic N) is 3. The van der Waals surface area contributed by atoms with Crippen molar-refractivity contribution in [1.82, 2.24) is 19.8 Å². The van der Waals surface area contributed by atoms with E-state index in [1.54, 1.807) is 35.2 Å². The maximum atomic E-state index is 12.5.